The smallest absolute Gasteiger partial charge is 0.277 e. The van der Waals surface area contributed by atoms with Crippen molar-refractivity contribution < 1.29 is 18.3 Å². The molecule has 0 aliphatic carbocycles. The molecule has 0 saturated carbocycles. The zero-order valence-corrected chi connectivity index (χ0v) is 12.9. The summed E-state index contributed by atoms with van der Waals surface area (Å²) in [4.78, 5) is 11.6. The zero-order valence-electron chi connectivity index (χ0n) is 12.1. The molecule has 120 valence electrons. The molecule has 0 aromatic heterocycles. The molecule has 1 unspecified atom stereocenters. The predicted molar refractivity (Wildman–Crippen MR) is 80.3 cm³/mol. The van der Waals surface area contributed by atoms with Crippen molar-refractivity contribution in [3.63, 3.8) is 0 Å². The van der Waals surface area contributed by atoms with Crippen LogP contribution < -0.4 is 15.8 Å². The van der Waals surface area contributed by atoms with Gasteiger partial charge in [0.05, 0.1) is 20.2 Å². The number of carbonyl (C=O) groups excluding carboxylic acids is 1. The molecule has 1 aromatic rings. The number of nitrogens with one attached hydrogen (secondary N) is 1. The molecule has 1 atom stereocenters. The summed E-state index contributed by atoms with van der Waals surface area (Å²) in [6, 6.07) is 7.32. The van der Waals surface area contributed by atoms with Crippen LogP contribution in [-0.2, 0) is 4.79 Å². The van der Waals surface area contributed by atoms with Crippen LogP contribution in [0.15, 0.2) is 24.3 Å². The van der Waals surface area contributed by atoms with E-state index in [1.165, 1.54) is 0 Å². The van der Waals surface area contributed by atoms with Gasteiger partial charge in [0.1, 0.15) is 5.75 Å². The molecule has 4 nitrogen and oxygen atoms in total. The van der Waals surface area contributed by atoms with Crippen LogP contribution in [0.1, 0.15) is 24.8 Å². The average Bonchev–Trinajstić information content (AvgIpc) is 2.45. The number of hydrogen-bond acceptors (Lipinski definition) is 3. The van der Waals surface area contributed by atoms with E-state index in [2.05, 4.69) is 5.32 Å². The van der Waals surface area contributed by atoms with Gasteiger partial charge in [-0.05, 0) is 23.6 Å². The number of carbonyl (C=O) groups is 1. The van der Waals surface area contributed by atoms with Gasteiger partial charge in [-0.15, -0.1) is 12.4 Å². The predicted octanol–water partition coefficient (Wildman–Crippen LogP) is 2.32. The maximum absolute atomic E-state index is 12.9. The van der Waals surface area contributed by atoms with Crippen LogP contribution in [0.2, 0.25) is 0 Å². The number of alkyl halides is 2. The van der Waals surface area contributed by atoms with Crippen LogP contribution in [-0.4, -0.2) is 32.0 Å². The summed E-state index contributed by atoms with van der Waals surface area (Å²) in [7, 11) is 1.56. The Morgan fingerprint density at radius 1 is 1.48 bits per heavy atom. The van der Waals surface area contributed by atoms with E-state index in [9.17, 15) is 13.6 Å². The number of methoxy groups -OCH3 is 1. The Morgan fingerprint density at radius 3 is 2.71 bits per heavy atom. The summed E-state index contributed by atoms with van der Waals surface area (Å²) in [6.45, 7) is 0.349. The van der Waals surface area contributed by atoms with Crippen LogP contribution in [0, 0.1) is 0 Å². The standard InChI is InChI=1S/C14H20F2N2O2.ClH/c1-10(11-4-3-5-12(7-11)20-2)6-13(19)18-9-14(15,16)8-17;/h3-5,7,10H,6,8-9,17H2,1-2H3,(H,18,19);1H. The highest BCUT2D eigenvalue weighted by molar-refractivity contribution is 5.85. The van der Waals surface area contributed by atoms with Crippen molar-refractivity contribution in [2.24, 2.45) is 5.73 Å². The van der Waals surface area contributed by atoms with E-state index in [0.29, 0.717) is 5.75 Å². The fourth-order valence-corrected chi connectivity index (χ4v) is 1.72. The van der Waals surface area contributed by atoms with Crippen LogP contribution >= 0.6 is 12.4 Å². The molecule has 21 heavy (non-hydrogen) atoms. The van der Waals surface area contributed by atoms with Crippen molar-refractivity contribution in [3.05, 3.63) is 29.8 Å². The molecular weight excluding hydrogens is 302 g/mol. The average molecular weight is 323 g/mol. The van der Waals surface area contributed by atoms with Gasteiger partial charge in [-0.3, -0.25) is 4.79 Å². The van der Waals surface area contributed by atoms with Gasteiger partial charge in [0.2, 0.25) is 5.91 Å². The molecule has 0 spiro atoms. The normalized spacial score (nSPS) is 12.2. The fourth-order valence-electron chi connectivity index (χ4n) is 1.72. The molecule has 0 heterocycles. The lowest BCUT2D eigenvalue weighted by atomic mass is 9.97. The summed E-state index contributed by atoms with van der Waals surface area (Å²) in [6.07, 6.45) is 0.133. The minimum absolute atomic E-state index is 0. The van der Waals surface area contributed by atoms with E-state index in [4.69, 9.17) is 10.5 Å². The van der Waals surface area contributed by atoms with Crippen LogP contribution in [0.5, 0.6) is 5.75 Å². The van der Waals surface area contributed by atoms with Crippen molar-refractivity contribution in [1.29, 1.82) is 0 Å². The number of ether oxygens (including phenoxy) is 1. The summed E-state index contributed by atoms with van der Waals surface area (Å²) in [5, 5.41) is 2.20. The van der Waals surface area contributed by atoms with Gasteiger partial charge in [0.15, 0.2) is 0 Å². The van der Waals surface area contributed by atoms with Crippen LogP contribution in [0.4, 0.5) is 8.78 Å². The molecule has 0 aliphatic heterocycles. The molecule has 1 aromatic carbocycles. The van der Waals surface area contributed by atoms with E-state index in [1.807, 2.05) is 25.1 Å². The van der Waals surface area contributed by atoms with E-state index in [0.717, 1.165) is 5.56 Å². The molecule has 0 fully saturated rings. The number of halogens is 3. The second-order valence-corrected chi connectivity index (χ2v) is 4.72. The van der Waals surface area contributed by atoms with E-state index in [1.54, 1.807) is 13.2 Å². The van der Waals surface area contributed by atoms with Crippen molar-refractivity contribution in [1.82, 2.24) is 5.32 Å². The van der Waals surface area contributed by atoms with Crippen molar-refractivity contribution >= 4 is 18.3 Å². The Labute approximate surface area is 129 Å². The third-order valence-corrected chi connectivity index (χ3v) is 3.00. The highest BCUT2D eigenvalue weighted by atomic mass is 35.5. The first kappa shape index (κ1) is 19.6. The lowest BCUT2D eigenvalue weighted by Gasteiger charge is -2.16. The first-order valence-electron chi connectivity index (χ1n) is 6.36. The quantitative estimate of drug-likeness (QED) is 0.809. The third-order valence-electron chi connectivity index (χ3n) is 3.00. The Hall–Kier alpha value is -1.40. The van der Waals surface area contributed by atoms with Crippen molar-refractivity contribution in [2.75, 3.05) is 20.2 Å². The highest BCUT2D eigenvalue weighted by Crippen LogP contribution is 2.23. The van der Waals surface area contributed by atoms with E-state index < -0.39 is 24.9 Å². The highest BCUT2D eigenvalue weighted by Gasteiger charge is 2.27. The monoisotopic (exact) mass is 322 g/mol. The van der Waals surface area contributed by atoms with Gasteiger partial charge < -0.3 is 15.8 Å². The first-order chi connectivity index (χ1) is 9.38. The molecule has 3 N–H and O–H groups in total. The molecule has 0 radical (unpaired) electrons. The molecular formula is C14H21ClF2N2O2. The minimum atomic E-state index is -3.06. The topological polar surface area (TPSA) is 64.3 Å². The van der Waals surface area contributed by atoms with Crippen LogP contribution in [0.25, 0.3) is 0 Å². The molecule has 0 saturated heterocycles. The fraction of sp³-hybridized carbons (Fsp3) is 0.500. The second kappa shape index (κ2) is 8.79. The van der Waals surface area contributed by atoms with Gasteiger partial charge >= 0.3 is 0 Å². The van der Waals surface area contributed by atoms with Crippen molar-refractivity contribution in [2.45, 2.75) is 25.2 Å². The Kier molecular flexibility index (Phi) is 8.21. The van der Waals surface area contributed by atoms with E-state index in [-0.39, 0.29) is 24.7 Å². The lowest BCUT2D eigenvalue weighted by molar-refractivity contribution is -0.123. The maximum Gasteiger partial charge on any atom is 0.277 e. The van der Waals surface area contributed by atoms with Crippen molar-refractivity contribution in [3.8, 4) is 5.75 Å². The summed E-state index contributed by atoms with van der Waals surface area (Å²) in [5.41, 5.74) is 5.82. The molecule has 1 rings (SSSR count). The first-order valence-corrected chi connectivity index (χ1v) is 6.36. The minimum Gasteiger partial charge on any atom is -0.497 e. The number of hydrogen-bond donors (Lipinski definition) is 2. The molecule has 1 amide bonds. The molecule has 7 heteroatoms. The molecule has 0 bridgehead atoms. The Balaban J connectivity index is 0.00000400. The van der Waals surface area contributed by atoms with Gasteiger partial charge in [0.25, 0.3) is 5.92 Å². The van der Waals surface area contributed by atoms with E-state index >= 15 is 0 Å². The SMILES string of the molecule is COc1cccc(C(C)CC(=O)NCC(F)(F)CN)c1.Cl. The van der Waals surface area contributed by atoms with Crippen LogP contribution in [0.3, 0.4) is 0 Å². The van der Waals surface area contributed by atoms with Gasteiger partial charge in [-0.25, -0.2) is 8.78 Å². The second-order valence-electron chi connectivity index (χ2n) is 4.72. The zero-order chi connectivity index (χ0) is 15.2. The van der Waals surface area contributed by atoms with Gasteiger partial charge in [-0.2, -0.15) is 0 Å². The van der Waals surface area contributed by atoms with Gasteiger partial charge in [0, 0.05) is 6.42 Å². The Morgan fingerprint density at radius 2 is 2.14 bits per heavy atom. The largest absolute Gasteiger partial charge is 0.497 e. The third kappa shape index (κ3) is 6.73. The number of benzene rings is 1. The lowest BCUT2D eigenvalue weighted by Crippen LogP contribution is -2.41. The number of nitrogens with two attached hydrogens (primary N) is 1. The number of rotatable bonds is 7. The Bertz CT molecular complexity index is 458. The maximum atomic E-state index is 12.9. The molecule has 0 aliphatic rings. The number of amides is 1. The van der Waals surface area contributed by atoms with Gasteiger partial charge in [-0.1, -0.05) is 19.1 Å². The summed E-state index contributed by atoms with van der Waals surface area (Å²) >= 11 is 0. The summed E-state index contributed by atoms with van der Waals surface area (Å²) in [5.74, 6) is -2.87. The summed E-state index contributed by atoms with van der Waals surface area (Å²) < 4.78 is 30.9.